The van der Waals surface area contributed by atoms with E-state index in [0.717, 1.165) is 17.1 Å². The van der Waals surface area contributed by atoms with Gasteiger partial charge in [0.2, 0.25) is 0 Å². The maximum Gasteiger partial charge on any atom is 0.136 e. The van der Waals surface area contributed by atoms with Gasteiger partial charge in [-0.15, -0.1) is 0 Å². The van der Waals surface area contributed by atoms with Crippen molar-refractivity contribution in [2.24, 2.45) is 4.99 Å². The van der Waals surface area contributed by atoms with Gasteiger partial charge in [-0.05, 0) is 19.7 Å². The van der Waals surface area contributed by atoms with E-state index in [0.29, 0.717) is 0 Å². The van der Waals surface area contributed by atoms with Gasteiger partial charge in [-0.25, -0.2) is 4.99 Å². The number of rotatable bonds is 2. The first-order valence-corrected chi connectivity index (χ1v) is 4.06. The zero-order valence-electron chi connectivity index (χ0n) is 8.02. The summed E-state index contributed by atoms with van der Waals surface area (Å²) in [5.41, 5.74) is 2.09. The number of aliphatic imine (C=N–C) groups is 1. The summed E-state index contributed by atoms with van der Waals surface area (Å²) in [5, 5.41) is 0. The summed E-state index contributed by atoms with van der Waals surface area (Å²) in [4.78, 5) is 6.83. The maximum absolute atomic E-state index is 3.79. The molecule has 0 aliphatic heterocycles. The molecule has 0 saturated carbocycles. The van der Waals surface area contributed by atoms with Crippen molar-refractivity contribution in [1.82, 2.24) is 4.98 Å². The molecule has 1 aromatic heterocycles. The molecule has 0 bridgehead atoms. The molecule has 1 heterocycles. The molecule has 66 valence electrons. The maximum atomic E-state index is 3.79. The lowest BCUT2D eigenvalue weighted by atomic mass is 10.3. The number of hydrogen-bond acceptors (Lipinski definition) is 1. The van der Waals surface area contributed by atoms with Crippen molar-refractivity contribution in [3.05, 3.63) is 23.9 Å². The zero-order valence-corrected chi connectivity index (χ0v) is 8.02. The standard InChI is InChI=1S/C8H10N2.C2H6/c1-4-7-5-6(2)10-8(7)9-3;1-2/h4-5,10H,1,3H2,2H3;1-2H3. The van der Waals surface area contributed by atoms with Crippen molar-refractivity contribution >= 4 is 18.6 Å². The van der Waals surface area contributed by atoms with Crippen LogP contribution in [0, 0.1) is 6.92 Å². The first-order valence-electron chi connectivity index (χ1n) is 4.06. The smallest absolute Gasteiger partial charge is 0.136 e. The van der Waals surface area contributed by atoms with E-state index < -0.39 is 0 Å². The second-order valence-corrected chi connectivity index (χ2v) is 2.12. The molecule has 1 rings (SSSR count). The lowest BCUT2D eigenvalue weighted by Gasteiger charge is -1.86. The molecule has 0 radical (unpaired) electrons. The van der Waals surface area contributed by atoms with E-state index in [9.17, 15) is 0 Å². The van der Waals surface area contributed by atoms with E-state index in [1.165, 1.54) is 0 Å². The second kappa shape index (κ2) is 5.35. The Morgan fingerprint density at radius 2 is 2.08 bits per heavy atom. The summed E-state index contributed by atoms with van der Waals surface area (Å²) >= 11 is 0. The van der Waals surface area contributed by atoms with Crippen LogP contribution in [-0.2, 0) is 0 Å². The average molecular weight is 164 g/mol. The van der Waals surface area contributed by atoms with Crippen LogP contribution >= 0.6 is 0 Å². The van der Waals surface area contributed by atoms with Crippen LogP contribution < -0.4 is 0 Å². The van der Waals surface area contributed by atoms with Crippen molar-refractivity contribution in [3.63, 3.8) is 0 Å². The van der Waals surface area contributed by atoms with E-state index in [-0.39, 0.29) is 0 Å². The highest BCUT2D eigenvalue weighted by Gasteiger charge is 1.98. The predicted molar refractivity (Wildman–Crippen MR) is 56.2 cm³/mol. The Balaban J connectivity index is 0.000000561. The largest absolute Gasteiger partial charge is 0.344 e. The molecule has 0 aromatic carbocycles. The van der Waals surface area contributed by atoms with Gasteiger partial charge in [0, 0.05) is 11.3 Å². The van der Waals surface area contributed by atoms with Crippen LogP contribution in [0.1, 0.15) is 25.1 Å². The van der Waals surface area contributed by atoms with Gasteiger partial charge in [0.1, 0.15) is 5.82 Å². The molecule has 0 aliphatic carbocycles. The molecule has 0 atom stereocenters. The van der Waals surface area contributed by atoms with Gasteiger partial charge in [-0.3, -0.25) is 0 Å². The molecule has 0 fully saturated rings. The molecule has 1 N–H and O–H groups in total. The van der Waals surface area contributed by atoms with E-state index in [1.54, 1.807) is 6.08 Å². The summed E-state index contributed by atoms with van der Waals surface area (Å²) in [6, 6.07) is 1.98. The third kappa shape index (κ3) is 2.38. The lowest BCUT2D eigenvalue weighted by Crippen LogP contribution is -1.65. The molecule has 0 unspecified atom stereocenters. The SMILES string of the molecule is C=Cc1cc(C)[nH]c1N=C.CC. The summed E-state index contributed by atoms with van der Waals surface area (Å²) in [6.45, 7) is 13.0. The Morgan fingerprint density at radius 1 is 1.50 bits per heavy atom. The van der Waals surface area contributed by atoms with Crippen LogP contribution in [0.15, 0.2) is 17.6 Å². The van der Waals surface area contributed by atoms with E-state index in [1.807, 2.05) is 26.8 Å². The predicted octanol–water partition coefficient (Wildman–Crippen LogP) is 3.32. The molecule has 0 saturated heterocycles. The number of nitrogens with zero attached hydrogens (tertiary/aromatic N) is 1. The van der Waals surface area contributed by atoms with Gasteiger partial charge in [0.05, 0.1) is 0 Å². The highest BCUT2D eigenvalue weighted by molar-refractivity contribution is 5.62. The fraction of sp³-hybridized carbons (Fsp3) is 0.300. The molecule has 12 heavy (non-hydrogen) atoms. The molecule has 2 heteroatoms. The van der Waals surface area contributed by atoms with Crippen molar-refractivity contribution in [1.29, 1.82) is 0 Å². The summed E-state index contributed by atoms with van der Waals surface area (Å²) < 4.78 is 0. The molecule has 0 amide bonds. The van der Waals surface area contributed by atoms with Gasteiger partial charge < -0.3 is 4.98 Å². The van der Waals surface area contributed by atoms with Gasteiger partial charge in [0.15, 0.2) is 0 Å². The highest BCUT2D eigenvalue weighted by Crippen LogP contribution is 2.18. The molecule has 0 aliphatic rings. The first kappa shape index (κ1) is 10.7. The Kier molecular flexibility index (Phi) is 4.77. The topological polar surface area (TPSA) is 28.1 Å². The van der Waals surface area contributed by atoms with Crippen LogP contribution in [0.4, 0.5) is 5.82 Å². The Labute approximate surface area is 74.0 Å². The van der Waals surface area contributed by atoms with Gasteiger partial charge in [-0.2, -0.15) is 0 Å². The van der Waals surface area contributed by atoms with Crippen LogP contribution in [0.5, 0.6) is 0 Å². The fourth-order valence-corrected chi connectivity index (χ4v) is 0.883. The van der Waals surface area contributed by atoms with Gasteiger partial charge in [0.25, 0.3) is 0 Å². The van der Waals surface area contributed by atoms with Crippen molar-refractivity contribution in [2.75, 3.05) is 0 Å². The highest BCUT2D eigenvalue weighted by atomic mass is 14.9. The summed E-state index contributed by atoms with van der Waals surface area (Å²) in [6.07, 6.45) is 1.76. The molecule has 2 nitrogen and oxygen atoms in total. The van der Waals surface area contributed by atoms with Crippen LogP contribution in [0.3, 0.4) is 0 Å². The monoisotopic (exact) mass is 164 g/mol. The lowest BCUT2D eigenvalue weighted by molar-refractivity contribution is 1.24. The molecular formula is C10H16N2. The molecule has 0 spiro atoms. The van der Waals surface area contributed by atoms with Crippen molar-refractivity contribution in [2.45, 2.75) is 20.8 Å². The third-order valence-electron chi connectivity index (χ3n) is 1.34. The summed E-state index contributed by atoms with van der Waals surface area (Å²) in [7, 11) is 0. The Morgan fingerprint density at radius 3 is 2.42 bits per heavy atom. The van der Waals surface area contributed by atoms with Crippen LogP contribution in [0.25, 0.3) is 6.08 Å². The number of aromatic nitrogens is 1. The van der Waals surface area contributed by atoms with E-state index in [2.05, 4.69) is 23.3 Å². The van der Waals surface area contributed by atoms with Crippen LogP contribution in [0.2, 0.25) is 0 Å². The van der Waals surface area contributed by atoms with Crippen LogP contribution in [-0.4, -0.2) is 11.7 Å². The Hall–Kier alpha value is -1.31. The van der Waals surface area contributed by atoms with Crippen molar-refractivity contribution < 1.29 is 0 Å². The van der Waals surface area contributed by atoms with E-state index >= 15 is 0 Å². The summed E-state index contributed by atoms with van der Waals surface area (Å²) in [5.74, 6) is 0.799. The zero-order chi connectivity index (χ0) is 9.56. The minimum atomic E-state index is 0.799. The minimum absolute atomic E-state index is 0.799. The normalized spacial score (nSPS) is 8.25. The first-order chi connectivity index (χ1) is 5.77. The average Bonchev–Trinajstić information content (AvgIpc) is 2.49. The number of aromatic amines is 1. The Bertz CT molecular complexity index is 233. The number of nitrogens with one attached hydrogen (secondary N) is 1. The van der Waals surface area contributed by atoms with Gasteiger partial charge in [-0.1, -0.05) is 26.5 Å². The number of aryl methyl sites for hydroxylation is 1. The minimum Gasteiger partial charge on any atom is -0.344 e. The molecular weight excluding hydrogens is 148 g/mol. The number of hydrogen-bond donors (Lipinski definition) is 1. The van der Waals surface area contributed by atoms with Gasteiger partial charge >= 0.3 is 0 Å². The van der Waals surface area contributed by atoms with Crippen molar-refractivity contribution in [3.8, 4) is 0 Å². The molecule has 1 aromatic rings. The third-order valence-corrected chi connectivity index (χ3v) is 1.34. The fourth-order valence-electron chi connectivity index (χ4n) is 0.883. The quantitative estimate of drug-likeness (QED) is 0.649. The second-order valence-electron chi connectivity index (χ2n) is 2.12. The van der Waals surface area contributed by atoms with E-state index in [4.69, 9.17) is 0 Å². The number of H-pyrrole nitrogens is 1.